The highest BCUT2D eigenvalue weighted by Crippen LogP contribution is 2.34. The zero-order valence-electron chi connectivity index (χ0n) is 11.3. The van der Waals surface area contributed by atoms with Crippen molar-refractivity contribution in [2.24, 2.45) is 5.92 Å². The summed E-state index contributed by atoms with van der Waals surface area (Å²) in [6, 6.07) is 5.92. The van der Waals surface area contributed by atoms with E-state index in [0.29, 0.717) is 0 Å². The third-order valence-corrected chi connectivity index (χ3v) is 3.40. The van der Waals surface area contributed by atoms with E-state index >= 15 is 0 Å². The standard InChI is InChI=1S/C15H19NO3/c1-10-3-4-11(2)13(9-10)16(8-7-14(17)18)15(19)12-5-6-12/h3-4,9,12H,5-8H2,1-2H3,(H,17,18). The topological polar surface area (TPSA) is 57.6 Å². The number of benzene rings is 1. The first-order valence-electron chi connectivity index (χ1n) is 6.59. The lowest BCUT2D eigenvalue weighted by Gasteiger charge is -2.24. The molecule has 0 unspecified atom stereocenters. The minimum absolute atomic E-state index is 0.0220. The van der Waals surface area contributed by atoms with Crippen LogP contribution in [-0.4, -0.2) is 23.5 Å². The summed E-state index contributed by atoms with van der Waals surface area (Å²) in [5.41, 5.74) is 2.92. The second-order valence-electron chi connectivity index (χ2n) is 5.20. The first-order valence-corrected chi connectivity index (χ1v) is 6.59. The van der Waals surface area contributed by atoms with Crippen LogP contribution in [0.5, 0.6) is 0 Å². The van der Waals surface area contributed by atoms with Gasteiger partial charge in [0.25, 0.3) is 0 Å². The van der Waals surface area contributed by atoms with Gasteiger partial charge in [-0.25, -0.2) is 0 Å². The van der Waals surface area contributed by atoms with Crippen LogP contribution in [0.25, 0.3) is 0 Å². The third-order valence-electron chi connectivity index (χ3n) is 3.40. The second-order valence-corrected chi connectivity index (χ2v) is 5.20. The van der Waals surface area contributed by atoms with E-state index in [-0.39, 0.29) is 24.8 Å². The van der Waals surface area contributed by atoms with Crippen molar-refractivity contribution in [3.05, 3.63) is 29.3 Å². The molecule has 0 atom stereocenters. The number of rotatable bonds is 5. The maximum atomic E-state index is 12.3. The molecule has 0 aromatic heterocycles. The predicted octanol–water partition coefficient (Wildman–Crippen LogP) is 2.52. The molecule has 1 aromatic carbocycles. The highest BCUT2D eigenvalue weighted by atomic mass is 16.4. The average molecular weight is 261 g/mol. The SMILES string of the molecule is Cc1ccc(C)c(N(CCC(=O)O)C(=O)C2CC2)c1. The van der Waals surface area contributed by atoms with Gasteiger partial charge in [0.1, 0.15) is 0 Å². The predicted molar refractivity (Wildman–Crippen MR) is 73.2 cm³/mol. The largest absolute Gasteiger partial charge is 0.481 e. The zero-order chi connectivity index (χ0) is 14.0. The molecule has 1 aliphatic rings. The molecular formula is C15H19NO3. The number of amides is 1. The first-order chi connectivity index (χ1) is 8.99. The average Bonchev–Trinajstić information content (AvgIpc) is 3.17. The van der Waals surface area contributed by atoms with Gasteiger partial charge in [-0.3, -0.25) is 9.59 Å². The summed E-state index contributed by atoms with van der Waals surface area (Å²) in [5, 5.41) is 8.83. The van der Waals surface area contributed by atoms with Gasteiger partial charge in [0.2, 0.25) is 5.91 Å². The van der Waals surface area contributed by atoms with Gasteiger partial charge in [0.05, 0.1) is 6.42 Å². The third kappa shape index (κ3) is 3.34. The molecule has 0 heterocycles. The van der Waals surface area contributed by atoms with Crippen molar-refractivity contribution in [1.29, 1.82) is 0 Å². The highest BCUT2D eigenvalue weighted by molar-refractivity contribution is 5.97. The molecule has 0 saturated heterocycles. The molecule has 102 valence electrons. The van der Waals surface area contributed by atoms with E-state index in [4.69, 9.17) is 5.11 Å². The minimum Gasteiger partial charge on any atom is -0.481 e. The van der Waals surface area contributed by atoms with Crippen LogP contribution in [0.3, 0.4) is 0 Å². The number of nitrogens with zero attached hydrogens (tertiary/aromatic N) is 1. The van der Waals surface area contributed by atoms with Crippen molar-refractivity contribution in [2.75, 3.05) is 11.4 Å². The van der Waals surface area contributed by atoms with Gasteiger partial charge in [-0.1, -0.05) is 12.1 Å². The van der Waals surface area contributed by atoms with Gasteiger partial charge < -0.3 is 10.0 Å². The Bertz CT molecular complexity index is 506. The molecule has 1 N–H and O–H groups in total. The van der Waals surface area contributed by atoms with Crippen molar-refractivity contribution >= 4 is 17.6 Å². The quantitative estimate of drug-likeness (QED) is 0.886. The van der Waals surface area contributed by atoms with E-state index in [1.807, 2.05) is 32.0 Å². The molecular weight excluding hydrogens is 242 g/mol. The molecule has 19 heavy (non-hydrogen) atoms. The lowest BCUT2D eigenvalue weighted by molar-refractivity contribution is -0.136. The molecule has 0 bridgehead atoms. The molecule has 1 amide bonds. The van der Waals surface area contributed by atoms with E-state index in [1.165, 1.54) is 0 Å². The van der Waals surface area contributed by atoms with Gasteiger partial charge in [0.15, 0.2) is 0 Å². The normalized spacial score (nSPS) is 14.2. The fraction of sp³-hybridized carbons (Fsp3) is 0.467. The van der Waals surface area contributed by atoms with Crippen molar-refractivity contribution in [1.82, 2.24) is 0 Å². The van der Waals surface area contributed by atoms with E-state index in [2.05, 4.69) is 0 Å². The number of hydrogen-bond donors (Lipinski definition) is 1. The van der Waals surface area contributed by atoms with Crippen LogP contribution in [0.4, 0.5) is 5.69 Å². The summed E-state index contributed by atoms with van der Waals surface area (Å²) >= 11 is 0. The summed E-state index contributed by atoms with van der Waals surface area (Å²) in [7, 11) is 0. The van der Waals surface area contributed by atoms with Crippen LogP contribution >= 0.6 is 0 Å². The monoisotopic (exact) mass is 261 g/mol. The van der Waals surface area contributed by atoms with Crippen LogP contribution in [0.15, 0.2) is 18.2 Å². The Kier molecular flexibility index (Phi) is 3.88. The number of carbonyl (C=O) groups is 2. The summed E-state index contributed by atoms with van der Waals surface area (Å²) in [4.78, 5) is 24.7. The van der Waals surface area contributed by atoms with Crippen LogP contribution in [-0.2, 0) is 9.59 Å². The first kappa shape index (κ1) is 13.6. The van der Waals surface area contributed by atoms with Crippen LogP contribution in [0, 0.1) is 19.8 Å². The van der Waals surface area contributed by atoms with Crippen molar-refractivity contribution in [2.45, 2.75) is 33.1 Å². The Morgan fingerprint density at radius 1 is 1.32 bits per heavy atom. The molecule has 4 nitrogen and oxygen atoms in total. The number of hydrogen-bond acceptors (Lipinski definition) is 2. The lowest BCUT2D eigenvalue weighted by Crippen LogP contribution is -2.34. The molecule has 2 rings (SSSR count). The van der Waals surface area contributed by atoms with Crippen LogP contribution in [0.2, 0.25) is 0 Å². The molecule has 4 heteroatoms. The summed E-state index contributed by atoms with van der Waals surface area (Å²) in [6.07, 6.45) is 1.83. The van der Waals surface area contributed by atoms with Crippen molar-refractivity contribution in [3.8, 4) is 0 Å². The Balaban J connectivity index is 2.26. The maximum Gasteiger partial charge on any atom is 0.305 e. The summed E-state index contributed by atoms with van der Waals surface area (Å²) < 4.78 is 0. The Morgan fingerprint density at radius 2 is 2.00 bits per heavy atom. The van der Waals surface area contributed by atoms with Gasteiger partial charge in [0, 0.05) is 18.2 Å². The number of carboxylic acids is 1. The van der Waals surface area contributed by atoms with Gasteiger partial charge >= 0.3 is 5.97 Å². The number of carboxylic acid groups (broad SMARTS) is 1. The molecule has 1 saturated carbocycles. The molecule has 0 spiro atoms. The Labute approximate surface area is 113 Å². The Morgan fingerprint density at radius 3 is 2.58 bits per heavy atom. The summed E-state index contributed by atoms with van der Waals surface area (Å²) in [5.74, 6) is -0.720. The molecule has 0 radical (unpaired) electrons. The smallest absolute Gasteiger partial charge is 0.305 e. The number of carbonyl (C=O) groups excluding carboxylic acids is 1. The van der Waals surface area contributed by atoms with Crippen LogP contribution in [0.1, 0.15) is 30.4 Å². The maximum absolute atomic E-state index is 12.3. The number of aliphatic carboxylic acids is 1. The van der Waals surface area contributed by atoms with E-state index in [0.717, 1.165) is 29.7 Å². The van der Waals surface area contributed by atoms with Gasteiger partial charge in [-0.05, 0) is 43.9 Å². The second kappa shape index (κ2) is 5.43. The van der Waals surface area contributed by atoms with Gasteiger partial charge in [-0.15, -0.1) is 0 Å². The van der Waals surface area contributed by atoms with Crippen molar-refractivity contribution in [3.63, 3.8) is 0 Å². The lowest BCUT2D eigenvalue weighted by atomic mass is 10.1. The minimum atomic E-state index is -0.876. The van der Waals surface area contributed by atoms with E-state index < -0.39 is 5.97 Å². The highest BCUT2D eigenvalue weighted by Gasteiger charge is 2.34. The fourth-order valence-corrected chi connectivity index (χ4v) is 2.12. The van der Waals surface area contributed by atoms with Gasteiger partial charge in [-0.2, -0.15) is 0 Å². The summed E-state index contributed by atoms with van der Waals surface area (Å²) in [6.45, 7) is 4.16. The number of aryl methyl sites for hydroxylation is 2. The zero-order valence-corrected chi connectivity index (χ0v) is 11.3. The molecule has 1 aromatic rings. The fourth-order valence-electron chi connectivity index (χ4n) is 2.12. The molecule has 0 aliphatic heterocycles. The van der Waals surface area contributed by atoms with E-state index in [9.17, 15) is 9.59 Å². The van der Waals surface area contributed by atoms with Crippen molar-refractivity contribution < 1.29 is 14.7 Å². The molecule has 1 aliphatic carbocycles. The molecule has 1 fully saturated rings. The number of anilines is 1. The Hall–Kier alpha value is -1.84. The van der Waals surface area contributed by atoms with E-state index in [1.54, 1.807) is 4.90 Å². The van der Waals surface area contributed by atoms with Crippen LogP contribution < -0.4 is 4.90 Å².